The molecule has 1 aliphatic heterocycles. The summed E-state index contributed by atoms with van der Waals surface area (Å²) >= 11 is 0. The zero-order valence-electron chi connectivity index (χ0n) is 18.8. The van der Waals surface area contributed by atoms with Crippen LogP contribution >= 0.6 is 0 Å². The number of hydrogen-bond donors (Lipinski definition) is 1. The highest BCUT2D eigenvalue weighted by Crippen LogP contribution is 2.43. The van der Waals surface area contributed by atoms with E-state index >= 15 is 0 Å². The van der Waals surface area contributed by atoms with Crippen molar-refractivity contribution in [2.75, 3.05) is 6.79 Å². The Balaban J connectivity index is 1.45. The highest BCUT2D eigenvalue weighted by atomic mass is 16.7. The molecule has 170 valence electrons. The number of ether oxygens (including phenoxy) is 2. The summed E-state index contributed by atoms with van der Waals surface area (Å²) in [6.45, 7) is 0.257. The number of benzene rings is 3. The summed E-state index contributed by atoms with van der Waals surface area (Å²) in [4.78, 5) is 10.8. The average Bonchev–Trinajstić information content (AvgIpc) is 3.48. The average molecular weight is 452 g/mol. The van der Waals surface area contributed by atoms with Crippen molar-refractivity contribution in [3.63, 3.8) is 0 Å². The molecular weight excluding hydrogens is 426 g/mol. The number of nitrogens with zero attached hydrogens (tertiary/aromatic N) is 1. The number of aromatic nitrogens is 1. The van der Waals surface area contributed by atoms with E-state index in [0.29, 0.717) is 6.42 Å². The second-order valence-corrected chi connectivity index (χ2v) is 8.86. The van der Waals surface area contributed by atoms with Crippen LogP contribution in [0.15, 0.2) is 72.8 Å². The van der Waals surface area contributed by atoms with Crippen molar-refractivity contribution in [3.8, 4) is 39.6 Å². The Morgan fingerprint density at radius 3 is 2.56 bits per heavy atom. The van der Waals surface area contributed by atoms with Gasteiger partial charge in [-0.15, -0.1) is 0 Å². The summed E-state index contributed by atoms with van der Waals surface area (Å²) in [5.74, 6) is 0.810. The number of rotatable bonds is 6. The Morgan fingerprint density at radius 2 is 1.71 bits per heavy atom. The molecule has 0 spiro atoms. The van der Waals surface area contributed by atoms with Crippen molar-refractivity contribution in [2.24, 2.45) is 0 Å². The predicted octanol–water partition coefficient (Wildman–Crippen LogP) is 6.05. The Labute approximate surface area is 198 Å². The molecule has 4 aromatic rings. The van der Waals surface area contributed by atoms with Crippen LogP contribution in [0.25, 0.3) is 28.1 Å². The molecule has 5 nitrogen and oxygen atoms in total. The van der Waals surface area contributed by atoms with Crippen LogP contribution in [-0.4, -0.2) is 22.4 Å². The predicted molar refractivity (Wildman–Crippen MR) is 131 cm³/mol. The number of aryl methyl sites for hydroxylation is 2. The maximum absolute atomic E-state index is 10.8. The van der Waals surface area contributed by atoms with E-state index in [2.05, 4.69) is 71.3 Å². The van der Waals surface area contributed by atoms with Crippen molar-refractivity contribution in [2.45, 2.75) is 32.1 Å². The molecule has 3 aromatic carbocycles. The van der Waals surface area contributed by atoms with E-state index in [1.807, 2.05) is 6.07 Å². The van der Waals surface area contributed by atoms with E-state index in [9.17, 15) is 4.79 Å². The van der Waals surface area contributed by atoms with E-state index in [0.717, 1.165) is 53.3 Å². The Bertz CT molecular complexity index is 1380. The van der Waals surface area contributed by atoms with Crippen LogP contribution in [0, 0.1) is 0 Å². The van der Waals surface area contributed by atoms with Crippen molar-refractivity contribution < 1.29 is 19.4 Å². The van der Waals surface area contributed by atoms with E-state index in [1.54, 1.807) is 0 Å². The number of aliphatic carboxylic acids is 1. The van der Waals surface area contributed by atoms with Gasteiger partial charge in [-0.3, -0.25) is 4.79 Å². The first-order valence-electron chi connectivity index (χ1n) is 11.7. The quantitative estimate of drug-likeness (QED) is 0.388. The van der Waals surface area contributed by atoms with Gasteiger partial charge in [0.1, 0.15) is 0 Å². The smallest absolute Gasteiger partial charge is 0.303 e. The molecule has 6 rings (SSSR count). The standard InChI is InChI=1S/C29H25NO4/c31-29(32)7-3-4-19-8-12-22(13-9-19)30-25-14-10-20-5-1-2-6-23(20)24(25)17-26(30)21-11-15-27-28(16-21)34-18-33-27/h1-2,5-6,8-9,11-13,15-17H,3-4,7,10,14,18H2,(H,31,32). The van der Waals surface area contributed by atoms with Crippen LogP contribution in [0.5, 0.6) is 11.5 Å². The first kappa shape index (κ1) is 20.6. The van der Waals surface area contributed by atoms with E-state index in [1.165, 1.54) is 22.4 Å². The number of hydrogen-bond acceptors (Lipinski definition) is 3. The molecule has 0 saturated carbocycles. The maximum atomic E-state index is 10.8. The first-order valence-corrected chi connectivity index (χ1v) is 11.7. The van der Waals surface area contributed by atoms with Crippen LogP contribution in [0.4, 0.5) is 0 Å². The van der Waals surface area contributed by atoms with Crippen LogP contribution in [0.3, 0.4) is 0 Å². The van der Waals surface area contributed by atoms with Crippen molar-refractivity contribution in [3.05, 3.63) is 89.6 Å². The fraction of sp³-hybridized carbons (Fsp3) is 0.207. The molecule has 2 heterocycles. The summed E-state index contributed by atoms with van der Waals surface area (Å²) in [7, 11) is 0. The van der Waals surface area contributed by atoms with Gasteiger partial charge in [0.25, 0.3) is 0 Å². The van der Waals surface area contributed by atoms with E-state index in [4.69, 9.17) is 14.6 Å². The molecule has 0 atom stereocenters. The van der Waals surface area contributed by atoms with Gasteiger partial charge in [0, 0.05) is 28.9 Å². The lowest BCUT2D eigenvalue weighted by molar-refractivity contribution is -0.137. The van der Waals surface area contributed by atoms with Crippen LogP contribution < -0.4 is 9.47 Å². The SMILES string of the molecule is O=C(O)CCCc1ccc(-n2c(-c3ccc4c(c3)OCO4)cc3c2CCc2ccccc2-3)cc1. The lowest BCUT2D eigenvalue weighted by Crippen LogP contribution is -2.08. The van der Waals surface area contributed by atoms with E-state index in [-0.39, 0.29) is 13.2 Å². The minimum atomic E-state index is -0.746. The fourth-order valence-electron chi connectivity index (χ4n) is 5.10. The molecule has 5 heteroatoms. The fourth-order valence-corrected chi connectivity index (χ4v) is 5.10. The van der Waals surface area contributed by atoms with Gasteiger partial charge in [-0.1, -0.05) is 36.4 Å². The second-order valence-electron chi connectivity index (χ2n) is 8.86. The Morgan fingerprint density at radius 1 is 0.882 bits per heavy atom. The molecule has 1 N–H and O–H groups in total. The molecule has 2 aliphatic rings. The summed E-state index contributed by atoms with van der Waals surface area (Å²) in [5.41, 5.74) is 9.74. The summed E-state index contributed by atoms with van der Waals surface area (Å²) in [6.07, 6.45) is 3.59. The van der Waals surface area contributed by atoms with Gasteiger partial charge in [-0.2, -0.15) is 0 Å². The largest absolute Gasteiger partial charge is 0.481 e. The number of carboxylic acids is 1. The summed E-state index contributed by atoms with van der Waals surface area (Å²) in [6, 6.07) is 25.6. The van der Waals surface area contributed by atoms with Gasteiger partial charge in [-0.05, 0) is 78.8 Å². The molecule has 0 amide bonds. The maximum Gasteiger partial charge on any atom is 0.303 e. The summed E-state index contributed by atoms with van der Waals surface area (Å²) in [5, 5.41) is 8.92. The lowest BCUT2D eigenvalue weighted by atomic mass is 9.90. The number of carboxylic acid groups (broad SMARTS) is 1. The lowest BCUT2D eigenvalue weighted by Gasteiger charge is -2.20. The molecular formula is C29H25NO4. The van der Waals surface area contributed by atoms with E-state index < -0.39 is 5.97 Å². The third-order valence-corrected chi connectivity index (χ3v) is 6.76. The minimum Gasteiger partial charge on any atom is -0.481 e. The van der Waals surface area contributed by atoms with Crippen LogP contribution in [0.2, 0.25) is 0 Å². The van der Waals surface area contributed by atoms with Gasteiger partial charge < -0.3 is 19.1 Å². The zero-order valence-corrected chi connectivity index (χ0v) is 18.8. The second kappa shape index (κ2) is 8.41. The minimum absolute atomic E-state index is 0.195. The van der Waals surface area contributed by atoms with Gasteiger partial charge >= 0.3 is 5.97 Å². The topological polar surface area (TPSA) is 60.7 Å². The normalized spacial score (nSPS) is 13.4. The Kier molecular flexibility index (Phi) is 5.10. The molecule has 1 aliphatic carbocycles. The van der Waals surface area contributed by atoms with Gasteiger partial charge in [-0.25, -0.2) is 0 Å². The highest BCUT2D eigenvalue weighted by molar-refractivity contribution is 5.81. The third kappa shape index (κ3) is 3.63. The van der Waals surface area contributed by atoms with Crippen molar-refractivity contribution in [1.82, 2.24) is 4.57 Å². The van der Waals surface area contributed by atoms with Gasteiger partial charge in [0.15, 0.2) is 11.5 Å². The monoisotopic (exact) mass is 451 g/mol. The summed E-state index contributed by atoms with van der Waals surface area (Å²) < 4.78 is 13.6. The van der Waals surface area contributed by atoms with Gasteiger partial charge in [0.2, 0.25) is 6.79 Å². The number of carbonyl (C=O) groups is 1. The molecule has 1 aromatic heterocycles. The molecule has 0 saturated heterocycles. The third-order valence-electron chi connectivity index (χ3n) is 6.76. The van der Waals surface area contributed by atoms with Crippen LogP contribution in [-0.2, 0) is 24.1 Å². The van der Waals surface area contributed by atoms with Gasteiger partial charge in [0.05, 0.1) is 5.69 Å². The molecule has 0 fully saturated rings. The molecule has 0 bridgehead atoms. The van der Waals surface area contributed by atoms with Crippen LogP contribution in [0.1, 0.15) is 29.7 Å². The molecule has 0 unspecified atom stereocenters. The zero-order chi connectivity index (χ0) is 23.1. The van der Waals surface area contributed by atoms with Crippen molar-refractivity contribution >= 4 is 5.97 Å². The number of fused-ring (bicyclic) bond motifs is 4. The van der Waals surface area contributed by atoms with Crippen molar-refractivity contribution in [1.29, 1.82) is 0 Å². The molecule has 34 heavy (non-hydrogen) atoms. The highest BCUT2D eigenvalue weighted by Gasteiger charge is 2.25. The molecule has 0 radical (unpaired) electrons. The first-order chi connectivity index (χ1) is 16.7. The Hall–Kier alpha value is -3.99.